The first kappa shape index (κ1) is 17.1. The fourth-order valence-corrected chi connectivity index (χ4v) is 4.08. The highest BCUT2D eigenvalue weighted by atomic mass is 79.9. The zero-order valence-electron chi connectivity index (χ0n) is 15.1. The highest BCUT2D eigenvalue weighted by Gasteiger charge is 2.30. The van der Waals surface area contributed by atoms with Crippen LogP contribution in [0, 0.1) is 0 Å². The van der Waals surface area contributed by atoms with Crippen LogP contribution in [0.25, 0.3) is 16.8 Å². The molecule has 1 atom stereocenters. The van der Waals surface area contributed by atoms with Crippen LogP contribution < -0.4 is 0 Å². The average Bonchev–Trinajstić information content (AvgIpc) is 3.37. The largest absolute Gasteiger partial charge is 0.330 e. The molecule has 4 heterocycles. The Labute approximate surface area is 169 Å². The van der Waals surface area contributed by atoms with Crippen LogP contribution in [0.1, 0.15) is 34.6 Å². The summed E-state index contributed by atoms with van der Waals surface area (Å²) in [5, 5.41) is 11.3. The summed E-state index contributed by atoms with van der Waals surface area (Å²) in [7, 11) is 0. The average molecular weight is 437 g/mol. The zero-order chi connectivity index (χ0) is 19.3. The lowest BCUT2D eigenvalue weighted by molar-refractivity contribution is 0.0671. The molecule has 8 heteroatoms. The Morgan fingerprint density at radius 1 is 1.25 bits per heavy atom. The first-order valence-electron chi connectivity index (χ1n) is 9.04. The quantitative estimate of drug-likeness (QED) is 0.520. The van der Waals surface area contributed by atoms with Crippen molar-refractivity contribution in [2.45, 2.75) is 19.4 Å². The molecule has 0 aliphatic carbocycles. The molecule has 0 radical (unpaired) electrons. The Hall–Kier alpha value is -3.00. The molecule has 4 aromatic rings. The number of nitrogens with zero attached hydrogens (tertiary/aromatic N) is 5. The molecule has 1 N–H and O–H groups in total. The second kappa shape index (κ2) is 6.56. The molecule has 7 nitrogen and oxygen atoms in total. The smallest absolute Gasteiger partial charge is 0.274 e. The fourth-order valence-electron chi connectivity index (χ4n) is 3.79. The maximum Gasteiger partial charge on any atom is 0.274 e. The number of rotatable bonds is 2. The Morgan fingerprint density at radius 2 is 2.14 bits per heavy atom. The van der Waals surface area contributed by atoms with Crippen LogP contribution in [-0.4, -0.2) is 42.1 Å². The van der Waals surface area contributed by atoms with Crippen LogP contribution in [0.5, 0.6) is 0 Å². The van der Waals surface area contributed by atoms with Crippen LogP contribution in [-0.2, 0) is 6.42 Å². The molecule has 5 rings (SSSR count). The highest BCUT2D eigenvalue weighted by molar-refractivity contribution is 9.10. The molecule has 140 valence electrons. The van der Waals surface area contributed by atoms with Crippen LogP contribution >= 0.6 is 15.9 Å². The highest BCUT2D eigenvalue weighted by Crippen LogP contribution is 2.33. The molecular weight excluding hydrogens is 420 g/mol. The van der Waals surface area contributed by atoms with Crippen molar-refractivity contribution < 1.29 is 4.79 Å². The van der Waals surface area contributed by atoms with Gasteiger partial charge in [-0.25, -0.2) is 9.50 Å². The number of aromatic amines is 1. The van der Waals surface area contributed by atoms with Gasteiger partial charge in [0.1, 0.15) is 0 Å². The fraction of sp³-hybridized carbons (Fsp3) is 0.200. The summed E-state index contributed by atoms with van der Waals surface area (Å²) in [6.07, 6.45) is 8.00. The molecule has 0 saturated heterocycles. The molecule has 1 aliphatic heterocycles. The maximum atomic E-state index is 13.2. The van der Waals surface area contributed by atoms with E-state index in [-0.39, 0.29) is 11.9 Å². The number of aromatic nitrogens is 5. The van der Waals surface area contributed by atoms with Crippen molar-refractivity contribution >= 4 is 27.5 Å². The minimum atomic E-state index is -0.0755. The lowest BCUT2D eigenvalue weighted by atomic mass is 9.90. The van der Waals surface area contributed by atoms with Gasteiger partial charge in [-0.2, -0.15) is 10.2 Å². The number of hydrogen-bond donors (Lipinski definition) is 1. The lowest BCUT2D eigenvalue weighted by Crippen LogP contribution is -2.39. The summed E-state index contributed by atoms with van der Waals surface area (Å²) in [5.74, 6) is -0.0755. The first-order valence-corrected chi connectivity index (χ1v) is 9.83. The van der Waals surface area contributed by atoms with E-state index < -0.39 is 0 Å². The third-order valence-electron chi connectivity index (χ3n) is 5.28. The second-order valence-corrected chi connectivity index (χ2v) is 7.85. The SMILES string of the molecule is CC1c2cc(-c3cn[nH]c3)ccc2CCN1C(=O)c1cc2ncc(Br)cn2n1. The molecule has 1 amide bonds. The normalized spacial score (nSPS) is 16.4. The molecule has 28 heavy (non-hydrogen) atoms. The van der Waals surface area contributed by atoms with Gasteiger partial charge >= 0.3 is 0 Å². The van der Waals surface area contributed by atoms with Crippen molar-refractivity contribution in [1.29, 1.82) is 0 Å². The standard InChI is InChI=1S/C20H17BrN6O/c1-12-17-6-14(15-8-23-24-9-15)3-2-13(17)4-5-26(12)20(28)18-7-19-22-10-16(21)11-27(19)25-18/h2-3,6-12H,4-5H2,1H3,(H,23,24). The number of carbonyl (C=O) groups excluding carboxylic acids is 1. The van der Waals surface area contributed by atoms with Crippen molar-refractivity contribution in [3.63, 3.8) is 0 Å². The number of benzene rings is 1. The van der Waals surface area contributed by atoms with Crippen LogP contribution in [0.2, 0.25) is 0 Å². The summed E-state index contributed by atoms with van der Waals surface area (Å²) in [6.45, 7) is 2.74. The van der Waals surface area contributed by atoms with Crippen LogP contribution in [0.3, 0.4) is 0 Å². The van der Waals surface area contributed by atoms with Crippen molar-refractivity contribution in [3.05, 3.63) is 70.3 Å². The van der Waals surface area contributed by atoms with E-state index >= 15 is 0 Å². The lowest BCUT2D eigenvalue weighted by Gasteiger charge is -2.35. The van der Waals surface area contributed by atoms with E-state index in [4.69, 9.17) is 0 Å². The molecule has 0 bridgehead atoms. The van der Waals surface area contributed by atoms with Gasteiger partial charge in [0.2, 0.25) is 0 Å². The van der Waals surface area contributed by atoms with Gasteiger partial charge in [0.25, 0.3) is 5.91 Å². The van der Waals surface area contributed by atoms with E-state index in [1.165, 1.54) is 11.1 Å². The number of H-pyrrole nitrogens is 1. The first-order chi connectivity index (χ1) is 13.6. The van der Waals surface area contributed by atoms with E-state index in [2.05, 4.69) is 61.3 Å². The summed E-state index contributed by atoms with van der Waals surface area (Å²) in [4.78, 5) is 19.4. The Balaban J connectivity index is 1.48. The van der Waals surface area contributed by atoms with Crippen LogP contribution in [0.15, 0.2) is 53.5 Å². The number of nitrogens with one attached hydrogen (secondary N) is 1. The second-order valence-electron chi connectivity index (χ2n) is 6.93. The topological polar surface area (TPSA) is 79.2 Å². The molecule has 1 aromatic carbocycles. The molecule has 1 unspecified atom stereocenters. The van der Waals surface area contributed by atoms with Crippen molar-refractivity contribution in [1.82, 2.24) is 29.7 Å². The van der Waals surface area contributed by atoms with E-state index in [1.54, 1.807) is 29.2 Å². The molecule has 1 aliphatic rings. The van der Waals surface area contributed by atoms with E-state index in [1.807, 2.05) is 11.1 Å². The van der Waals surface area contributed by atoms with E-state index in [0.29, 0.717) is 17.9 Å². The van der Waals surface area contributed by atoms with Crippen molar-refractivity contribution in [2.75, 3.05) is 6.54 Å². The minimum Gasteiger partial charge on any atom is -0.330 e. The molecule has 3 aromatic heterocycles. The molecule has 0 spiro atoms. The Morgan fingerprint density at radius 3 is 2.96 bits per heavy atom. The third kappa shape index (κ3) is 2.80. The van der Waals surface area contributed by atoms with Gasteiger partial charge in [-0.15, -0.1) is 0 Å². The Bertz CT molecular complexity index is 1180. The van der Waals surface area contributed by atoms with Gasteiger partial charge in [-0.1, -0.05) is 12.1 Å². The molecule has 0 fully saturated rings. The van der Waals surface area contributed by atoms with Gasteiger partial charge in [-0.3, -0.25) is 9.89 Å². The van der Waals surface area contributed by atoms with Gasteiger partial charge in [0.15, 0.2) is 11.3 Å². The predicted molar refractivity (Wildman–Crippen MR) is 108 cm³/mol. The Kier molecular flexibility index (Phi) is 4.01. The van der Waals surface area contributed by atoms with Crippen LogP contribution in [0.4, 0.5) is 0 Å². The maximum absolute atomic E-state index is 13.2. The summed E-state index contributed by atoms with van der Waals surface area (Å²) >= 11 is 3.38. The summed E-state index contributed by atoms with van der Waals surface area (Å²) < 4.78 is 2.44. The van der Waals surface area contributed by atoms with Crippen molar-refractivity contribution in [3.8, 4) is 11.1 Å². The van der Waals surface area contributed by atoms with Gasteiger partial charge in [0, 0.05) is 36.8 Å². The van der Waals surface area contributed by atoms with Crippen molar-refractivity contribution in [2.24, 2.45) is 0 Å². The predicted octanol–water partition coefficient (Wildman–Crippen LogP) is 3.64. The number of hydrogen-bond acceptors (Lipinski definition) is 4. The minimum absolute atomic E-state index is 0.0346. The van der Waals surface area contributed by atoms with Gasteiger partial charge in [-0.05, 0) is 52.0 Å². The van der Waals surface area contributed by atoms with Gasteiger partial charge in [0.05, 0.1) is 16.7 Å². The number of halogens is 1. The summed E-state index contributed by atoms with van der Waals surface area (Å²) in [6, 6.07) is 8.13. The molecule has 0 saturated carbocycles. The van der Waals surface area contributed by atoms with E-state index in [0.717, 1.165) is 22.0 Å². The summed E-state index contributed by atoms with van der Waals surface area (Å²) in [5.41, 5.74) is 5.64. The molecular formula is C20H17BrN6O. The number of amides is 1. The van der Waals surface area contributed by atoms with Gasteiger partial charge < -0.3 is 4.90 Å². The van der Waals surface area contributed by atoms with E-state index in [9.17, 15) is 4.79 Å². The number of fused-ring (bicyclic) bond motifs is 2. The third-order valence-corrected chi connectivity index (χ3v) is 5.69. The number of carbonyl (C=O) groups is 1. The zero-order valence-corrected chi connectivity index (χ0v) is 16.7. The monoisotopic (exact) mass is 436 g/mol.